The first-order valence-electron chi connectivity index (χ1n) is 10.5. The van der Waals surface area contributed by atoms with Gasteiger partial charge in [-0.2, -0.15) is 4.31 Å². The Morgan fingerprint density at radius 2 is 1.72 bits per heavy atom. The highest BCUT2D eigenvalue weighted by atomic mass is 35.5. The van der Waals surface area contributed by atoms with Gasteiger partial charge in [-0.1, -0.05) is 41.4 Å². The van der Waals surface area contributed by atoms with Crippen LogP contribution < -0.4 is 4.90 Å². The smallest absolute Gasteiger partial charge is 0.213 e. The summed E-state index contributed by atoms with van der Waals surface area (Å²) in [5.74, 6) is 1.49. The van der Waals surface area contributed by atoms with E-state index in [2.05, 4.69) is 15.1 Å². The Labute approximate surface area is 191 Å². The van der Waals surface area contributed by atoms with E-state index in [1.807, 2.05) is 53.8 Å². The Morgan fingerprint density at radius 1 is 1.00 bits per heavy atom. The number of aromatic nitrogens is 4. The molecule has 4 aromatic rings. The summed E-state index contributed by atoms with van der Waals surface area (Å²) < 4.78 is 28.1. The molecule has 32 heavy (non-hydrogen) atoms. The van der Waals surface area contributed by atoms with Crippen LogP contribution in [0.5, 0.6) is 0 Å². The Bertz CT molecular complexity index is 1410. The first kappa shape index (κ1) is 21.1. The second-order valence-corrected chi connectivity index (χ2v) is 10.6. The first-order chi connectivity index (χ1) is 15.4. The molecule has 0 N–H and O–H groups in total. The molecule has 0 aliphatic carbocycles. The molecule has 2 aromatic carbocycles. The zero-order valence-corrected chi connectivity index (χ0v) is 19.4. The highest BCUT2D eigenvalue weighted by molar-refractivity contribution is 7.89. The van der Waals surface area contributed by atoms with Gasteiger partial charge in [-0.3, -0.25) is 0 Å². The van der Waals surface area contributed by atoms with Gasteiger partial charge >= 0.3 is 0 Å². The van der Waals surface area contributed by atoms with E-state index in [0.717, 1.165) is 22.0 Å². The molecule has 1 saturated heterocycles. The summed E-state index contributed by atoms with van der Waals surface area (Å²) in [5.41, 5.74) is 3.52. The van der Waals surface area contributed by atoms with Gasteiger partial charge in [0.15, 0.2) is 11.5 Å². The zero-order chi connectivity index (χ0) is 22.5. The van der Waals surface area contributed by atoms with Gasteiger partial charge in [0, 0.05) is 42.2 Å². The van der Waals surface area contributed by atoms with E-state index in [-0.39, 0.29) is 5.75 Å². The fraction of sp³-hybridized carbons (Fsp3) is 0.318. The molecule has 1 aliphatic heterocycles. The van der Waals surface area contributed by atoms with Crippen molar-refractivity contribution in [3.05, 3.63) is 53.1 Å². The van der Waals surface area contributed by atoms with Crippen molar-refractivity contribution in [3.8, 4) is 11.4 Å². The third-order valence-electron chi connectivity index (χ3n) is 5.87. The van der Waals surface area contributed by atoms with Crippen LogP contribution in [-0.4, -0.2) is 64.2 Å². The highest BCUT2D eigenvalue weighted by Gasteiger charge is 2.28. The van der Waals surface area contributed by atoms with E-state index in [9.17, 15) is 8.42 Å². The standard InChI is InChI=1S/C22H23ClN6O2S/c1-3-32(30,31)28-12-10-27(11-13-28)22-24-19-14-17(23)8-9-18(19)21-26-25-20(29(21)22)16-6-4-15(2)5-7-16/h4-9,14H,3,10-13H2,1-2H3. The number of benzene rings is 2. The Morgan fingerprint density at radius 3 is 2.41 bits per heavy atom. The van der Waals surface area contributed by atoms with Crippen molar-refractivity contribution >= 4 is 44.1 Å². The Balaban J connectivity index is 1.66. The van der Waals surface area contributed by atoms with Crippen LogP contribution in [0.25, 0.3) is 27.9 Å². The molecule has 0 bridgehead atoms. The van der Waals surface area contributed by atoms with Gasteiger partial charge in [0.1, 0.15) is 0 Å². The summed E-state index contributed by atoms with van der Waals surface area (Å²) in [4.78, 5) is 7.02. The number of rotatable bonds is 4. The molecule has 1 aliphatic rings. The van der Waals surface area contributed by atoms with Crippen molar-refractivity contribution in [2.24, 2.45) is 0 Å². The molecule has 0 radical (unpaired) electrons. The van der Waals surface area contributed by atoms with Crippen LogP contribution in [0.2, 0.25) is 5.02 Å². The minimum absolute atomic E-state index is 0.104. The van der Waals surface area contributed by atoms with E-state index in [1.165, 1.54) is 0 Å². The van der Waals surface area contributed by atoms with Crippen LogP contribution in [0, 0.1) is 6.92 Å². The van der Waals surface area contributed by atoms with Crippen LogP contribution in [0.1, 0.15) is 12.5 Å². The van der Waals surface area contributed by atoms with Gasteiger partial charge in [0.05, 0.1) is 11.3 Å². The van der Waals surface area contributed by atoms with E-state index >= 15 is 0 Å². The molecule has 5 rings (SSSR count). The van der Waals surface area contributed by atoms with Crippen LogP contribution in [0.15, 0.2) is 42.5 Å². The van der Waals surface area contributed by atoms with E-state index in [4.69, 9.17) is 16.6 Å². The number of aryl methyl sites for hydroxylation is 1. The number of anilines is 1. The monoisotopic (exact) mass is 470 g/mol. The quantitative estimate of drug-likeness (QED) is 0.454. The van der Waals surface area contributed by atoms with Crippen LogP contribution in [0.4, 0.5) is 5.95 Å². The Hall–Kier alpha value is -2.75. The predicted octanol–water partition coefficient (Wildman–Crippen LogP) is 3.38. The lowest BCUT2D eigenvalue weighted by molar-refractivity contribution is 0.383. The number of sulfonamides is 1. The molecule has 3 heterocycles. The summed E-state index contributed by atoms with van der Waals surface area (Å²) in [6, 6.07) is 13.7. The topological polar surface area (TPSA) is 83.7 Å². The SMILES string of the molecule is CCS(=O)(=O)N1CCN(c2nc3cc(Cl)ccc3c3nnc(-c4ccc(C)cc4)n23)CC1. The average Bonchev–Trinajstić information content (AvgIpc) is 3.24. The molecular formula is C22H23ClN6O2S. The van der Waals surface area contributed by atoms with Crippen molar-refractivity contribution < 1.29 is 8.42 Å². The second-order valence-electron chi connectivity index (χ2n) is 7.91. The fourth-order valence-electron chi connectivity index (χ4n) is 4.04. The van der Waals surface area contributed by atoms with E-state index < -0.39 is 10.0 Å². The number of piperazine rings is 1. The van der Waals surface area contributed by atoms with Gasteiger partial charge in [-0.15, -0.1) is 10.2 Å². The van der Waals surface area contributed by atoms with Gasteiger partial charge in [0.25, 0.3) is 0 Å². The van der Waals surface area contributed by atoms with E-state index in [1.54, 1.807) is 11.2 Å². The fourth-order valence-corrected chi connectivity index (χ4v) is 5.29. The summed E-state index contributed by atoms with van der Waals surface area (Å²) >= 11 is 6.24. The van der Waals surface area contributed by atoms with Crippen molar-refractivity contribution in [1.29, 1.82) is 0 Å². The minimum atomic E-state index is -3.22. The van der Waals surface area contributed by atoms with Gasteiger partial charge in [0.2, 0.25) is 16.0 Å². The van der Waals surface area contributed by atoms with Gasteiger partial charge in [-0.05, 0) is 32.0 Å². The molecular weight excluding hydrogens is 448 g/mol. The highest BCUT2D eigenvalue weighted by Crippen LogP contribution is 2.30. The Kier molecular flexibility index (Phi) is 5.27. The van der Waals surface area contributed by atoms with Crippen LogP contribution in [-0.2, 0) is 10.0 Å². The second kappa shape index (κ2) is 7.99. The van der Waals surface area contributed by atoms with Crippen molar-refractivity contribution in [3.63, 3.8) is 0 Å². The molecule has 0 spiro atoms. The molecule has 2 aromatic heterocycles. The maximum absolute atomic E-state index is 12.3. The summed E-state index contributed by atoms with van der Waals surface area (Å²) in [5, 5.41) is 10.4. The lowest BCUT2D eigenvalue weighted by Crippen LogP contribution is -2.49. The molecule has 0 unspecified atom stereocenters. The predicted molar refractivity (Wildman–Crippen MR) is 127 cm³/mol. The number of nitrogens with zero attached hydrogens (tertiary/aromatic N) is 6. The van der Waals surface area contributed by atoms with E-state index in [0.29, 0.717) is 48.6 Å². The maximum atomic E-state index is 12.3. The normalized spacial score (nSPS) is 15.7. The number of hydrogen-bond donors (Lipinski definition) is 0. The maximum Gasteiger partial charge on any atom is 0.213 e. The molecule has 10 heteroatoms. The average molecular weight is 471 g/mol. The lowest BCUT2D eigenvalue weighted by Gasteiger charge is -2.34. The lowest BCUT2D eigenvalue weighted by atomic mass is 10.1. The summed E-state index contributed by atoms with van der Waals surface area (Å²) in [6.07, 6.45) is 0. The third kappa shape index (κ3) is 3.60. The zero-order valence-electron chi connectivity index (χ0n) is 17.9. The first-order valence-corrected chi connectivity index (χ1v) is 12.5. The van der Waals surface area contributed by atoms with Crippen LogP contribution >= 0.6 is 11.6 Å². The van der Waals surface area contributed by atoms with Crippen molar-refractivity contribution in [2.45, 2.75) is 13.8 Å². The molecule has 0 atom stereocenters. The van der Waals surface area contributed by atoms with Gasteiger partial charge < -0.3 is 4.90 Å². The molecule has 1 fully saturated rings. The summed E-state index contributed by atoms with van der Waals surface area (Å²) in [6.45, 7) is 5.59. The van der Waals surface area contributed by atoms with Gasteiger partial charge in [-0.25, -0.2) is 17.8 Å². The molecule has 166 valence electrons. The number of halogens is 1. The molecule has 0 amide bonds. The minimum Gasteiger partial charge on any atom is -0.339 e. The van der Waals surface area contributed by atoms with Crippen LogP contribution in [0.3, 0.4) is 0 Å². The molecule has 0 saturated carbocycles. The van der Waals surface area contributed by atoms with Crippen molar-refractivity contribution in [1.82, 2.24) is 23.9 Å². The molecule has 8 nitrogen and oxygen atoms in total. The number of fused-ring (bicyclic) bond motifs is 3. The third-order valence-corrected chi connectivity index (χ3v) is 7.99. The largest absolute Gasteiger partial charge is 0.339 e. The summed E-state index contributed by atoms with van der Waals surface area (Å²) in [7, 11) is -3.22. The van der Waals surface area contributed by atoms with Crippen molar-refractivity contribution in [2.75, 3.05) is 36.8 Å². The number of hydrogen-bond acceptors (Lipinski definition) is 6.